The molecule has 0 saturated heterocycles. The lowest BCUT2D eigenvalue weighted by Crippen LogP contribution is -2.35. The summed E-state index contributed by atoms with van der Waals surface area (Å²) < 4.78 is 5.12. The van der Waals surface area contributed by atoms with Crippen LogP contribution in [0.2, 0.25) is 0 Å². The van der Waals surface area contributed by atoms with Gasteiger partial charge in [-0.3, -0.25) is 0 Å². The maximum Gasteiger partial charge on any atom is 0.0670 e. The van der Waals surface area contributed by atoms with Crippen LogP contribution >= 0.6 is 0 Å². The summed E-state index contributed by atoms with van der Waals surface area (Å²) in [5.74, 6) is 0. The highest BCUT2D eigenvalue weighted by Crippen LogP contribution is 2.01. The van der Waals surface area contributed by atoms with E-state index < -0.39 is 0 Å². The monoisotopic (exact) mass is 170 g/mol. The van der Waals surface area contributed by atoms with Gasteiger partial charge in [-0.05, 0) is 20.9 Å². The van der Waals surface area contributed by atoms with Crippen LogP contribution in [0.5, 0.6) is 0 Å². The zero-order valence-corrected chi connectivity index (χ0v) is 8.37. The molecular weight excluding hydrogens is 152 g/mol. The molecule has 3 heteroatoms. The van der Waals surface area contributed by atoms with Crippen LogP contribution in [0.15, 0.2) is 0 Å². The third-order valence-electron chi connectivity index (χ3n) is 2.09. The van der Waals surface area contributed by atoms with Gasteiger partial charge in [0, 0.05) is 19.7 Å². The Bertz CT molecular complexity index is 153. The zero-order valence-electron chi connectivity index (χ0n) is 8.37. The minimum Gasteiger partial charge on any atom is -0.380 e. The number of hydrogen-bond donors (Lipinski definition) is 0. The van der Waals surface area contributed by atoms with Crippen LogP contribution in [-0.2, 0) is 4.74 Å². The summed E-state index contributed by atoms with van der Waals surface area (Å²) in [5.41, 5.74) is 0. The number of likely N-dealkylation sites (N-methyl/N-ethyl adjacent to an activating group) is 1. The van der Waals surface area contributed by atoms with Crippen molar-refractivity contribution in [3.63, 3.8) is 0 Å². The van der Waals surface area contributed by atoms with Crippen molar-refractivity contribution in [1.82, 2.24) is 4.90 Å². The number of nitrogens with zero attached hydrogens (tertiary/aromatic N) is 2. The van der Waals surface area contributed by atoms with E-state index in [4.69, 9.17) is 10.00 Å². The second-order valence-corrected chi connectivity index (χ2v) is 3.20. The van der Waals surface area contributed by atoms with E-state index >= 15 is 0 Å². The van der Waals surface area contributed by atoms with Crippen molar-refractivity contribution in [2.75, 3.05) is 20.7 Å². The average Bonchev–Trinajstić information content (AvgIpc) is 2.04. The molecule has 70 valence electrons. The predicted octanol–water partition coefficient (Wildman–Crippen LogP) is 1.26. The minimum absolute atomic E-state index is 0.233. The van der Waals surface area contributed by atoms with Crippen LogP contribution in [0, 0.1) is 11.3 Å². The summed E-state index contributed by atoms with van der Waals surface area (Å²) in [4.78, 5) is 2.14. The smallest absolute Gasteiger partial charge is 0.0670 e. The van der Waals surface area contributed by atoms with E-state index in [1.165, 1.54) is 0 Å². The molecular formula is C9H18N2O. The van der Waals surface area contributed by atoms with Gasteiger partial charge in [-0.2, -0.15) is 5.26 Å². The summed E-state index contributed by atoms with van der Waals surface area (Å²) in [6.07, 6.45) is 0.809. The maximum absolute atomic E-state index is 8.47. The van der Waals surface area contributed by atoms with E-state index in [0.29, 0.717) is 12.5 Å². The number of nitriles is 1. The van der Waals surface area contributed by atoms with Crippen molar-refractivity contribution in [2.45, 2.75) is 32.4 Å². The van der Waals surface area contributed by atoms with Crippen LogP contribution < -0.4 is 0 Å². The summed E-state index contributed by atoms with van der Waals surface area (Å²) >= 11 is 0. The molecule has 0 aliphatic heterocycles. The zero-order chi connectivity index (χ0) is 9.56. The van der Waals surface area contributed by atoms with E-state index in [0.717, 1.165) is 6.54 Å². The first-order valence-corrected chi connectivity index (χ1v) is 4.21. The molecule has 0 aromatic carbocycles. The highest BCUT2D eigenvalue weighted by atomic mass is 16.5. The van der Waals surface area contributed by atoms with Gasteiger partial charge in [0.05, 0.1) is 18.6 Å². The molecule has 0 aliphatic carbocycles. The largest absolute Gasteiger partial charge is 0.380 e. The van der Waals surface area contributed by atoms with Gasteiger partial charge in [-0.15, -0.1) is 0 Å². The third kappa shape index (κ3) is 4.32. The Morgan fingerprint density at radius 3 is 2.50 bits per heavy atom. The molecule has 0 spiro atoms. The van der Waals surface area contributed by atoms with Crippen LogP contribution in [0.25, 0.3) is 0 Å². The molecule has 0 fully saturated rings. The first-order chi connectivity index (χ1) is 5.61. The van der Waals surface area contributed by atoms with Crippen LogP contribution in [0.3, 0.4) is 0 Å². The van der Waals surface area contributed by atoms with E-state index in [-0.39, 0.29) is 6.10 Å². The molecule has 3 nitrogen and oxygen atoms in total. The van der Waals surface area contributed by atoms with Crippen molar-refractivity contribution in [2.24, 2.45) is 0 Å². The first kappa shape index (κ1) is 11.4. The number of ether oxygens (including phenoxy) is 1. The van der Waals surface area contributed by atoms with E-state index in [1.54, 1.807) is 7.11 Å². The Balaban J connectivity index is 3.71. The summed E-state index contributed by atoms with van der Waals surface area (Å²) in [5, 5.41) is 8.47. The quantitative estimate of drug-likeness (QED) is 0.623. The molecule has 0 heterocycles. The fourth-order valence-electron chi connectivity index (χ4n) is 0.948. The molecule has 0 aromatic rings. The predicted molar refractivity (Wildman–Crippen MR) is 48.8 cm³/mol. The SMILES string of the molecule is COC(C)CN(C)C(C)CC#N. The number of rotatable bonds is 5. The van der Waals surface area contributed by atoms with Gasteiger partial charge in [-0.25, -0.2) is 0 Å². The molecule has 0 bridgehead atoms. The minimum atomic E-state index is 0.233. The molecule has 0 radical (unpaired) electrons. The summed E-state index contributed by atoms with van der Waals surface area (Å²) in [6.45, 7) is 4.94. The van der Waals surface area contributed by atoms with Crippen molar-refractivity contribution in [3.8, 4) is 6.07 Å². The molecule has 0 aliphatic rings. The Kier molecular flexibility index (Phi) is 5.69. The van der Waals surface area contributed by atoms with Crippen LogP contribution in [-0.4, -0.2) is 37.7 Å². The van der Waals surface area contributed by atoms with Crippen molar-refractivity contribution < 1.29 is 4.74 Å². The Morgan fingerprint density at radius 2 is 2.08 bits per heavy atom. The molecule has 2 atom stereocenters. The third-order valence-corrected chi connectivity index (χ3v) is 2.09. The topological polar surface area (TPSA) is 36.3 Å². The van der Waals surface area contributed by atoms with E-state index in [1.807, 2.05) is 20.9 Å². The lowest BCUT2D eigenvalue weighted by atomic mass is 10.2. The van der Waals surface area contributed by atoms with Gasteiger partial charge in [0.25, 0.3) is 0 Å². The number of methoxy groups -OCH3 is 1. The second kappa shape index (κ2) is 5.99. The molecule has 0 saturated carbocycles. The highest BCUT2D eigenvalue weighted by molar-refractivity contribution is 4.78. The van der Waals surface area contributed by atoms with Crippen molar-refractivity contribution in [1.29, 1.82) is 5.26 Å². The molecule has 2 unspecified atom stereocenters. The fraction of sp³-hybridized carbons (Fsp3) is 0.889. The average molecular weight is 170 g/mol. The number of hydrogen-bond acceptors (Lipinski definition) is 3. The summed E-state index contributed by atoms with van der Waals surface area (Å²) in [7, 11) is 3.71. The van der Waals surface area contributed by atoms with Gasteiger partial charge in [0.1, 0.15) is 0 Å². The Morgan fingerprint density at radius 1 is 1.50 bits per heavy atom. The van der Waals surface area contributed by atoms with Gasteiger partial charge >= 0.3 is 0 Å². The van der Waals surface area contributed by atoms with Gasteiger partial charge in [0.2, 0.25) is 0 Å². The molecule has 0 rings (SSSR count). The van der Waals surface area contributed by atoms with E-state index in [9.17, 15) is 0 Å². The summed E-state index contributed by atoms with van der Waals surface area (Å²) in [6, 6.07) is 2.47. The first-order valence-electron chi connectivity index (χ1n) is 4.21. The van der Waals surface area contributed by atoms with Crippen molar-refractivity contribution >= 4 is 0 Å². The van der Waals surface area contributed by atoms with Gasteiger partial charge in [-0.1, -0.05) is 0 Å². The van der Waals surface area contributed by atoms with E-state index in [2.05, 4.69) is 11.0 Å². The molecule has 0 N–H and O–H groups in total. The Hall–Kier alpha value is -0.590. The Labute approximate surface area is 74.9 Å². The fourth-order valence-corrected chi connectivity index (χ4v) is 0.948. The van der Waals surface area contributed by atoms with Crippen LogP contribution in [0.4, 0.5) is 0 Å². The second-order valence-electron chi connectivity index (χ2n) is 3.20. The van der Waals surface area contributed by atoms with Crippen LogP contribution in [0.1, 0.15) is 20.3 Å². The van der Waals surface area contributed by atoms with Crippen molar-refractivity contribution in [3.05, 3.63) is 0 Å². The van der Waals surface area contributed by atoms with Gasteiger partial charge < -0.3 is 9.64 Å². The lowest BCUT2D eigenvalue weighted by molar-refractivity contribution is 0.0747. The molecule has 0 aromatic heterocycles. The lowest BCUT2D eigenvalue weighted by Gasteiger charge is -2.25. The van der Waals surface area contributed by atoms with Gasteiger partial charge in [0.15, 0.2) is 0 Å². The molecule has 12 heavy (non-hydrogen) atoms. The standard InChI is InChI=1S/C9H18N2O/c1-8(5-6-10)11(3)7-9(2)12-4/h8-9H,5,7H2,1-4H3. The normalized spacial score (nSPS) is 15.7. The highest BCUT2D eigenvalue weighted by Gasteiger charge is 2.11. The molecule has 0 amide bonds. The maximum atomic E-state index is 8.47.